The summed E-state index contributed by atoms with van der Waals surface area (Å²) in [7, 11) is 4.35. The quantitative estimate of drug-likeness (QED) is 0.126. The molecule has 0 spiro atoms. The first-order valence-electron chi connectivity index (χ1n) is 12.1. The molecule has 0 unspecified atom stereocenters. The number of non-ortho nitro benzene ring substituents is 1. The Morgan fingerprint density at radius 1 is 0.917 bits per heavy atom. The van der Waals surface area contributed by atoms with Gasteiger partial charge in [0, 0.05) is 43.4 Å². The van der Waals surface area contributed by atoms with Gasteiger partial charge in [-0.05, 0) is 24.6 Å². The van der Waals surface area contributed by atoms with Crippen molar-refractivity contribution < 1.29 is 14.3 Å². The number of quaternary nitrogens is 1. The average molecular weight is 498 g/mol. The third-order valence-corrected chi connectivity index (χ3v) is 6.13. The molecule has 11 nitrogen and oxygen atoms in total. The van der Waals surface area contributed by atoms with Crippen molar-refractivity contribution >= 4 is 22.7 Å². The summed E-state index contributed by atoms with van der Waals surface area (Å²) in [5.41, 5.74) is 1.63. The molecule has 0 aliphatic carbocycles. The van der Waals surface area contributed by atoms with Gasteiger partial charge in [-0.15, -0.1) is 0 Å². The Morgan fingerprint density at radius 3 is 2.39 bits per heavy atom. The van der Waals surface area contributed by atoms with Crippen LogP contribution in [0.1, 0.15) is 12.8 Å². The third-order valence-electron chi connectivity index (χ3n) is 6.13. The Kier molecular flexibility index (Phi) is 9.38. The third kappa shape index (κ3) is 8.37. The summed E-state index contributed by atoms with van der Waals surface area (Å²) in [6.45, 7) is 5.96. The lowest BCUT2D eigenvalue weighted by molar-refractivity contribution is -0.888. The Morgan fingerprint density at radius 2 is 1.67 bits per heavy atom. The van der Waals surface area contributed by atoms with Crippen LogP contribution in [-0.2, 0) is 0 Å². The maximum atomic E-state index is 11.2. The Bertz CT molecular complexity index is 1040. The molecule has 36 heavy (non-hydrogen) atoms. The lowest BCUT2D eigenvalue weighted by Gasteiger charge is -2.30. The van der Waals surface area contributed by atoms with Gasteiger partial charge in [-0.25, -0.2) is 0 Å². The molecule has 1 heterocycles. The van der Waals surface area contributed by atoms with E-state index >= 15 is 0 Å². The largest absolute Gasteiger partial charge is 0.391 e. The summed E-state index contributed by atoms with van der Waals surface area (Å²) < 4.78 is 0.823. The van der Waals surface area contributed by atoms with Gasteiger partial charge in [0.1, 0.15) is 12.4 Å². The summed E-state index contributed by atoms with van der Waals surface area (Å²) in [6.07, 6.45) is 7.29. The van der Waals surface area contributed by atoms with Crippen molar-refractivity contribution in [2.75, 3.05) is 70.7 Å². The van der Waals surface area contributed by atoms with E-state index in [1.54, 1.807) is 30.3 Å². The van der Waals surface area contributed by atoms with Crippen LogP contribution in [0.25, 0.3) is 0 Å². The standard InChI is InChI=1S/C25H35N7O4/c1-32(2,20-14-27-24-7-3-4-8-25(24)31(35)36)19-6-16-29-18-17-28(21-29)15-5-13-26-22-9-11-23(12-10-22)30(33)34/h3-4,7-12,17,26-27H,5-6,13-16,19-21H2,1-2H3/q+2. The molecule has 192 valence electrons. The van der Waals surface area contributed by atoms with Crippen molar-refractivity contribution in [1.29, 1.82) is 0 Å². The minimum atomic E-state index is -0.398. The van der Waals surface area contributed by atoms with Crippen LogP contribution in [0.5, 0.6) is 0 Å². The molecular formula is C25H35N7O4+2. The zero-order chi connectivity index (χ0) is 26.0. The summed E-state index contributed by atoms with van der Waals surface area (Å²) in [4.78, 5) is 25.5. The summed E-state index contributed by atoms with van der Waals surface area (Å²) in [6, 6.07) is 13.2. The average Bonchev–Trinajstić information content (AvgIpc) is 3.29. The smallest absolute Gasteiger partial charge is 0.385 e. The Labute approximate surface area is 211 Å². The van der Waals surface area contributed by atoms with E-state index in [4.69, 9.17) is 0 Å². The van der Waals surface area contributed by atoms with Gasteiger partial charge in [0.2, 0.25) is 0 Å². The zero-order valence-corrected chi connectivity index (χ0v) is 20.9. The number of para-hydroxylation sites is 2. The van der Waals surface area contributed by atoms with Gasteiger partial charge >= 0.3 is 6.20 Å². The van der Waals surface area contributed by atoms with Gasteiger partial charge in [0.15, 0.2) is 0 Å². The minimum Gasteiger partial charge on any atom is -0.385 e. The fourth-order valence-electron chi connectivity index (χ4n) is 4.03. The molecule has 0 radical (unpaired) electrons. The minimum absolute atomic E-state index is 0.0932. The number of nitrogens with zero attached hydrogens (tertiary/aromatic N) is 5. The topological polar surface area (TPSA) is 117 Å². The van der Waals surface area contributed by atoms with Gasteiger partial charge in [-0.3, -0.25) is 20.2 Å². The molecule has 2 aromatic carbocycles. The second-order valence-electron chi connectivity index (χ2n) is 9.50. The van der Waals surface area contributed by atoms with E-state index in [1.165, 1.54) is 18.2 Å². The molecule has 0 bridgehead atoms. The summed E-state index contributed by atoms with van der Waals surface area (Å²) in [5, 5.41) is 28.4. The fraction of sp³-hybridized carbons (Fsp3) is 0.440. The molecule has 2 N–H and O–H groups in total. The second kappa shape index (κ2) is 12.7. The zero-order valence-electron chi connectivity index (χ0n) is 20.9. The van der Waals surface area contributed by atoms with Crippen molar-refractivity contribution in [2.24, 2.45) is 0 Å². The van der Waals surface area contributed by atoms with Crippen molar-refractivity contribution in [3.05, 3.63) is 81.2 Å². The van der Waals surface area contributed by atoms with Crippen LogP contribution >= 0.6 is 0 Å². The first kappa shape index (κ1) is 26.7. The SMILES string of the molecule is C[N+](C)(CCCN1[C+]=CN(CCCNc2ccc([N+](=O)[O-])cc2)C1)CCNc1ccccc1[N+](=O)[O-]. The number of hydrogen-bond acceptors (Lipinski definition) is 8. The molecule has 2 aromatic rings. The highest BCUT2D eigenvalue weighted by Crippen LogP contribution is 2.23. The van der Waals surface area contributed by atoms with Crippen LogP contribution in [0, 0.1) is 26.4 Å². The number of hydrogen-bond donors (Lipinski definition) is 2. The molecule has 0 amide bonds. The number of benzene rings is 2. The normalized spacial score (nSPS) is 12.9. The van der Waals surface area contributed by atoms with Gasteiger partial charge < -0.3 is 20.0 Å². The first-order chi connectivity index (χ1) is 17.2. The van der Waals surface area contributed by atoms with Gasteiger partial charge in [0.25, 0.3) is 17.6 Å². The van der Waals surface area contributed by atoms with Crippen molar-refractivity contribution in [1.82, 2.24) is 9.80 Å². The van der Waals surface area contributed by atoms with E-state index in [9.17, 15) is 20.2 Å². The Hall–Kier alpha value is -3.95. The van der Waals surface area contributed by atoms with Crippen molar-refractivity contribution in [2.45, 2.75) is 12.8 Å². The number of likely N-dealkylation sites (N-methyl/N-ethyl adjacent to an activating group) is 1. The Balaban J connectivity index is 1.27. The van der Waals surface area contributed by atoms with Gasteiger partial charge in [0.05, 0.1) is 50.1 Å². The lowest BCUT2D eigenvalue weighted by Crippen LogP contribution is -2.44. The molecule has 0 saturated carbocycles. The second-order valence-corrected chi connectivity index (χ2v) is 9.50. The van der Waals surface area contributed by atoms with E-state index in [0.717, 1.165) is 62.4 Å². The van der Waals surface area contributed by atoms with E-state index in [1.807, 2.05) is 6.20 Å². The molecule has 11 heteroatoms. The molecule has 3 rings (SSSR count). The molecule has 0 saturated heterocycles. The molecule has 0 fully saturated rings. The molecular weight excluding hydrogens is 462 g/mol. The van der Waals surface area contributed by atoms with Crippen LogP contribution in [0.3, 0.4) is 0 Å². The molecule has 1 aliphatic rings. The van der Waals surface area contributed by atoms with E-state index in [-0.39, 0.29) is 16.3 Å². The summed E-state index contributed by atoms with van der Waals surface area (Å²) >= 11 is 0. The summed E-state index contributed by atoms with van der Waals surface area (Å²) in [5.74, 6) is 0. The van der Waals surface area contributed by atoms with Crippen LogP contribution in [0.4, 0.5) is 22.7 Å². The fourth-order valence-corrected chi connectivity index (χ4v) is 4.03. The number of nitro benzene ring substituents is 2. The number of anilines is 2. The number of nitrogens with one attached hydrogen (secondary N) is 2. The monoisotopic (exact) mass is 497 g/mol. The molecule has 1 aliphatic heterocycles. The maximum Gasteiger partial charge on any atom is 0.391 e. The van der Waals surface area contributed by atoms with E-state index in [2.05, 4.69) is 40.7 Å². The highest BCUT2D eigenvalue weighted by molar-refractivity contribution is 5.61. The van der Waals surface area contributed by atoms with Gasteiger partial charge in [-0.2, -0.15) is 4.90 Å². The van der Waals surface area contributed by atoms with Crippen LogP contribution in [-0.4, -0.2) is 84.2 Å². The van der Waals surface area contributed by atoms with Gasteiger partial charge in [-0.1, -0.05) is 12.1 Å². The molecule has 0 atom stereocenters. The van der Waals surface area contributed by atoms with Crippen LogP contribution in [0.2, 0.25) is 0 Å². The highest BCUT2D eigenvalue weighted by Gasteiger charge is 2.25. The lowest BCUT2D eigenvalue weighted by atomic mass is 10.2. The van der Waals surface area contributed by atoms with Crippen molar-refractivity contribution in [3.8, 4) is 0 Å². The van der Waals surface area contributed by atoms with Crippen LogP contribution < -0.4 is 10.6 Å². The van der Waals surface area contributed by atoms with Crippen LogP contribution in [0.15, 0.2) is 54.7 Å². The highest BCUT2D eigenvalue weighted by atomic mass is 16.6. The molecule has 0 aromatic heterocycles. The number of nitro groups is 2. The van der Waals surface area contributed by atoms with E-state index < -0.39 is 4.92 Å². The predicted molar refractivity (Wildman–Crippen MR) is 140 cm³/mol. The predicted octanol–water partition coefficient (Wildman–Crippen LogP) is 3.73. The van der Waals surface area contributed by atoms with Crippen molar-refractivity contribution in [3.63, 3.8) is 0 Å². The maximum absolute atomic E-state index is 11.2. The first-order valence-corrected chi connectivity index (χ1v) is 12.1. The number of rotatable bonds is 15. The van der Waals surface area contributed by atoms with E-state index in [0.29, 0.717) is 12.2 Å².